The minimum atomic E-state index is -0.326. The molecule has 0 aliphatic rings. The second kappa shape index (κ2) is 9.05. The molecule has 0 aliphatic heterocycles. The number of methoxy groups -OCH3 is 1. The van der Waals surface area contributed by atoms with Gasteiger partial charge in [-0.3, -0.25) is 4.79 Å². The van der Waals surface area contributed by atoms with Gasteiger partial charge in [0.15, 0.2) is 0 Å². The average molecular weight is 392 g/mol. The van der Waals surface area contributed by atoms with Crippen LogP contribution in [0.15, 0.2) is 54.6 Å². The first kappa shape index (κ1) is 20.1. The van der Waals surface area contributed by atoms with E-state index in [1.165, 1.54) is 0 Å². The van der Waals surface area contributed by atoms with E-state index in [1.807, 2.05) is 51.1 Å². The zero-order chi connectivity index (χ0) is 20.8. The van der Waals surface area contributed by atoms with Crippen molar-refractivity contribution in [1.82, 2.24) is 9.97 Å². The Morgan fingerprint density at radius 2 is 1.72 bits per heavy atom. The van der Waals surface area contributed by atoms with Gasteiger partial charge in [-0.1, -0.05) is 6.07 Å². The van der Waals surface area contributed by atoms with Crippen LogP contribution in [-0.2, 0) is 0 Å². The molecule has 7 nitrogen and oxygen atoms in total. The van der Waals surface area contributed by atoms with Crippen molar-refractivity contribution < 1.29 is 14.3 Å². The van der Waals surface area contributed by atoms with E-state index in [-0.39, 0.29) is 17.7 Å². The first-order valence-corrected chi connectivity index (χ1v) is 9.28. The predicted molar refractivity (Wildman–Crippen MR) is 113 cm³/mol. The molecule has 0 radical (unpaired) electrons. The van der Waals surface area contributed by atoms with Crippen LogP contribution in [0.25, 0.3) is 0 Å². The summed E-state index contributed by atoms with van der Waals surface area (Å²) < 4.78 is 10.8. The second-order valence-corrected chi connectivity index (χ2v) is 6.72. The van der Waals surface area contributed by atoms with Crippen molar-refractivity contribution >= 4 is 23.2 Å². The number of ether oxygens (including phenoxy) is 2. The Morgan fingerprint density at radius 3 is 2.41 bits per heavy atom. The third kappa shape index (κ3) is 5.68. The second-order valence-electron chi connectivity index (χ2n) is 6.72. The Bertz CT molecular complexity index is 988. The van der Waals surface area contributed by atoms with E-state index >= 15 is 0 Å². The summed E-state index contributed by atoms with van der Waals surface area (Å²) in [7, 11) is 1.58. The van der Waals surface area contributed by atoms with Crippen molar-refractivity contribution in [2.75, 3.05) is 17.7 Å². The van der Waals surface area contributed by atoms with Crippen LogP contribution in [0, 0.1) is 6.92 Å². The van der Waals surface area contributed by atoms with Crippen LogP contribution in [0.1, 0.15) is 30.0 Å². The predicted octanol–water partition coefficient (Wildman–Crippen LogP) is 4.58. The van der Waals surface area contributed by atoms with E-state index in [4.69, 9.17) is 9.47 Å². The van der Waals surface area contributed by atoms with Crippen molar-refractivity contribution in [1.29, 1.82) is 0 Å². The Kier molecular flexibility index (Phi) is 6.29. The standard InChI is InChI=1S/C22H24N4O3/c1-14(2)29-18-10-8-16(9-11-18)25-22-23-15(3)12-20(26-22)21(27)24-17-6-5-7-19(13-17)28-4/h5-14H,1-4H3,(H,24,27)(H,23,25,26). The molecule has 7 heteroatoms. The molecule has 2 N–H and O–H groups in total. The van der Waals surface area contributed by atoms with Crippen molar-refractivity contribution in [3.05, 3.63) is 66.0 Å². The van der Waals surface area contributed by atoms with Gasteiger partial charge in [-0.05, 0) is 63.2 Å². The molecular formula is C22H24N4O3. The Balaban J connectivity index is 1.74. The number of hydrogen-bond acceptors (Lipinski definition) is 6. The summed E-state index contributed by atoms with van der Waals surface area (Å²) in [6, 6.07) is 16.3. The minimum Gasteiger partial charge on any atom is -0.497 e. The van der Waals surface area contributed by atoms with Crippen molar-refractivity contribution in [3.63, 3.8) is 0 Å². The molecule has 150 valence electrons. The fourth-order valence-corrected chi connectivity index (χ4v) is 2.65. The first-order valence-electron chi connectivity index (χ1n) is 9.28. The normalized spacial score (nSPS) is 10.5. The lowest BCUT2D eigenvalue weighted by Crippen LogP contribution is -2.15. The van der Waals surface area contributed by atoms with Crippen LogP contribution in [0.5, 0.6) is 11.5 Å². The van der Waals surface area contributed by atoms with Gasteiger partial charge in [-0.25, -0.2) is 9.97 Å². The van der Waals surface area contributed by atoms with Crippen LogP contribution in [0.3, 0.4) is 0 Å². The Morgan fingerprint density at radius 1 is 0.966 bits per heavy atom. The van der Waals surface area contributed by atoms with Gasteiger partial charge < -0.3 is 20.1 Å². The third-order valence-corrected chi connectivity index (χ3v) is 3.90. The highest BCUT2D eigenvalue weighted by molar-refractivity contribution is 6.03. The molecular weight excluding hydrogens is 368 g/mol. The molecule has 3 rings (SSSR count). The van der Waals surface area contributed by atoms with E-state index < -0.39 is 0 Å². The fourth-order valence-electron chi connectivity index (χ4n) is 2.65. The molecule has 0 spiro atoms. The maximum atomic E-state index is 12.6. The highest BCUT2D eigenvalue weighted by atomic mass is 16.5. The smallest absolute Gasteiger partial charge is 0.274 e. The molecule has 0 atom stereocenters. The van der Waals surface area contributed by atoms with E-state index in [2.05, 4.69) is 20.6 Å². The SMILES string of the molecule is COc1cccc(NC(=O)c2cc(C)nc(Nc3ccc(OC(C)C)cc3)n2)c1. The van der Waals surface area contributed by atoms with E-state index in [9.17, 15) is 4.79 Å². The number of hydrogen-bond donors (Lipinski definition) is 2. The number of carbonyl (C=O) groups excluding carboxylic acids is 1. The highest BCUT2D eigenvalue weighted by Crippen LogP contribution is 2.20. The highest BCUT2D eigenvalue weighted by Gasteiger charge is 2.12. The van der Waals surface area contributed by atoms with E-state index in [0.717, 1.165) is 11.4 Å². The quantitative estimate of drug-likeness (QED) is 0.612. The van der Waals surface area contributed by atoms with Crippen LogP contribution in [-0.4, -0.2) is 29.1 Å². The number of amides is 1. The molecule has 0 unspecified atom stereocenters. The summed E-state index contributed by atoms with van der Waals surface area (Å²) >= 11 is 0. The molecule has 29 heavy (non-hydrogen) atoms. The number of benzene rings is 2. The van der Waals surface area contributed by atoms with Crippen LogP contribution in [0.2, 0.25) is 0 Å². The largest absolute Gasteiger partial charge is 0.497 e. The minimum absolute atomic E-state index is 0.111. The summed E-state index contributed by atoms with van der Waals surface area (Å²) in [5, 5.41) is 5.95. The Hall–Kier alpha value is -3.61. The maximum Gasteiger partial charge on any atom is 0.274 e. The van der Waals surface area contributed by atoms with Crippen molar-refractivity contribution in [3.8, 4) is 11.5 Å². The van der Waals surface area contributed by atoms with Gasteiger partial charge in [-0.2, -0.15) is 0 Å². The molecule has 0 saturated carbocycles. The molecule has 3 aromatic rings. The third-order valence-electron chi connectivity index (χ3n) is 3.90. The number of nitrogens with one attached hydrogen (secondary N) is 2. The van der Waals surface area contributed by atoms with Crippen LogP contribution in [0.4, 0.5) is 17.3 Å². The zero-order valence-electron chi connectivity index (χ0n) is 16.9. The molecule has 0 fully saturated rings. The lowest BCUT2D eigenvalue weighted by Gasteiger charge is -2.11. The number of aromatic nitrogens is 2. The van der Waals surface area contributed by atoms with Gasteiger partial charge in [0.1, 0.15) is 17.2 Å². The van der Waals surface area contributed by atoms with E-state index in [0.29, 0.717) is 23.1 Å². The first-order chi connectivity index (χ1) is 13.9. The Labute approximate surface area is 170 Å². The zero-order valence-corrected chi connectivity index (χ0v) is 16.9. The molecule has 1 aromatic heterocycles. The van der Waals surface area contributed by atoms with Crippen LogP contribution < -0.4 is 20.1 Å². The number of anilines is 3. The summed E-state index contributed by atoms with van der Waals surface area (Å²) in [6.45, 7) is 5.77. The van der Waals surface area contributed by atoms with Gasteiger partial charge in [-0.15, -0.1) is 0 Å². The van der Waals surface area contributed by atoms with Gasteiger partial charge in [0.2, 0.25) is 5.95 Å². The van der Waals surface area contributed by atoms with Gasteiger partial charge >= 0.3 is 0 Å². The molecule has 2 aromatic carbocycles. The molecule has 0 bridgehead atoms. The van der Waals surface area contributed by atoms with Crippen molar-refractivity contribution in [2.45, 2.75) is 26.9 Å². The lowest BCUT2D eigenvalue weighted by atomic mass is 10.2. The molecule has 1 amide bonds. The average Bonchev–Trinajstić information content (AvgIpc) is 2.69. The van der Waals surface area contributed by atoms with Gasteiger partial charge in [0.05, 0.1) is 13.2 Å². The van der Waals surface area contributed by atoms with Gasteiger partial charge in [0.25, 0.3) is 5.91 Å². The number of nitrogens with zero attached hydrogens (tertiary/aromatic N) is 2. The van der Waals surface area contributed by atoms with Crippen molar-refractivity contribution in [2.24, 2.45) is 0 Å². The summed E-state index contributed by atoms with van der Waals surface area (Å²) in [4.78, 5) is 21.3. The molecule has 0 saturated heterocycles. The number of aryl methyl sites for hydroxylation is 1. The monoisotopic (exact) mass is 392 g/mol. The van der Waals surface area contributed by atoms with Gasteiger partial charge in [0, 0.05) is 23.1 Å². The molecule has 0 aliphatic carbocycles. The topological polar surface area (TPSA) is 85.4 Å². The molecule has 1 heterocycles. The fraction of sp³-hybridized carbons (Fsp3) is 0.227. The summed E-state index contributed by atoms with van der Waals surface area (Å²) in [5.74, 6) is 1.47. The number of carbonyl (C=O) groups is 1. The number of rotatable bonds is 7. The van der Waals surface area contributed by atoms with Crippen LogP contribution >= 0.6 is 0 Å². The summed E-state index contributed by atoms with van der Waals surface area (Å²) in [5.41, 5.74) is 2.37. The summed E-state index contributed by atoms with van der Waals surface area (Å²) in [6.07, 6.45) is 0.111. The maximum absolute atomic E-state index is 12.6. The van der Waals surface area contributed by atoms with E-state index in [1.54, 1.807) is 31.4 Å². The lowest BCUT2D eigenvalue weighted by molar-refractivity contribution is 0.102.